The van der Waals surface area contributed by atoms with Crippen LogP contribution in [0.5, 0.6) is 5.75 Å². The molecule has 1 aromatic heterocycles. The predicted octanol–water partition coefficient (Wildman–Crippen LogP) is 9.91. The van der Waals surface area contributed by atoms with E-state index in [2.05, 4.69) is 87.6 Å². The van der Waals surface area contributed by atoms with Crippen LogP contribution in [0.4, 0.5) is 0 Å². The van der Waals surface area contributed by atoms with Crippen LogP contribution < -0.4 is 4.74 Å². The molecule has 1 atom stereocenters. The largest absolute Gasteiger partial charge is 0.494 e. The van der Waals surface area contributed by atoms with Gasteiger partial charge in [-0.3, -0.25) is 4.98 Å². The number of ether oxygens (including phenoxy) is 1. The molecule has 0 fully saturated rings. The molecule has 0 spiro atoms. The van der Waals surface area contributed by atoms with Gasteiger partial charge in [0.05, 0.1) is 12.3 Å². The summed E-state index contributed by atoms with van der Waals surface area (Å²) >= 11 is 0. The summed E-state index contributed by atoms with van der Waals surface area (Å²) in [5, 5.41) is 0. The molecule has 0 unspecified atom stereocenters. The Labute approximate surface area is 214 Å². The maximum Gasteiger partial charge on any atom is 0.119 e. The summed E-state index contributed by atoms with van der Waals surface area (Å²) in [6, 6.07) is 21.6. The number of benzene rings is 2. The van der Waals surface area contributed by atoms with Crippen LogP contribution >= 0.6 is 0 Å². The number of rotatable bonds is 16. The Hall–Kier alpha value is -2.61. The van der Waals surface area contributed by atoms with Crippen LogP contribution in [0.3, 0.4) is 0 Å². The van der Waals surface area contributed by atoms with E-state index in [1.165, 1.54) is 74.5 Å². The van der Waals surface area contributed by atoms with Gasteiger partial charge in [-0.2, -0.15) is 0 Å². The SMILES string of the molecule is CCCCCCCCc1ccc(-c2ccc(-c3ccc(OCCCC[C@@H](C)CC)cc3)cc2)nc1. The second kappa shape index (κ2) is 15.4. The minimum atomic E-state index is 0.801. The molecule has 0 amide bonds. The molecule has 3 rings (SSSR count). The fourth-order valence-electron chi connectivity index (χ4n) is 4.42. The molecular formula is C33H45NO. The number of aromatic nitrogens is 1. The van der Waals surface area contributed by atoms with Crippen molar-refractivity contribution in [1.82, 2.24) is 4.98 Å². The fourth-order valence-corrected chi connectivity index (χ4v) is 4.42. The Morgan fingerprint density at radius 3 is 2.00 bits per heavy atom. The lowest BCUT2D eigenvalue weighted by molar-refractivity contribution is 0.300. The van der Waals surface area contributed by atoms with Gasteiger partial charge < -0.3 is 4.74 Å². The third-order valence-electron chi connectivity index (χ3n) is 7.07. The van der Waals surface area contributed by atoms with Crippen LogP contribution in [0, 0.1) is 5.92 Å². The van der Waals surface area contributed by atoms with E-state index in [0.717, 1.165) is 42.4 Å². The third kappa shape index (κ3) is 9.51. The lowest BCUT2D eigenvalue weighted by atomic mass is 10.0. The van der Waals surface area contributed by atoms with Gasteiger partial charge in [0.2, 0.25) is 0 Å². The summed E-state index contributed by atoms with van der Waals surface area (Å²) in [5.41, 5.74) is 5.98. The zero-order valence-electron chi connectivity index (χ0n) is 22.3. The van der Waals surface area contributed by atoms with Crippen molar-refractivity contribution in [3.63, 3.8) is 0 Å². The minimum Gasteiger partial charge on any atom is -0.494 e. The van der Waals surface area contributed by atoms with Gasteiger partial charge in [0.1, 0.15) is 5.75 Å². The van der Waals surface area contributed by atoms with E-state index in [9.17, 15) is 0 Å². The normalized spacial score (nSPS) is 12.0. The molecule has 2 heteroatoms. The highest BCUT2D eigenvalue weighted by molar-refractivity contribution is 5.69. The highest BCUT2D eigenvalue weighted by Crippen LogP contribution is 2.26. The Morgan fingerprint density at radius 1 is 0.686 bits per heavy atom. The zero-order chi connectivity index (χ0) is 24.7. The van der Waals surface area contributed by atoms with Crippen molar-refractivity contribution in [3.05, 3.63) is 72.4 Å². The molecule has 35 heavy (non-hydrogen) atoms. The highest BCUT2D eigenvalue weighted by atomic mass is 16.5. The molecule has 3 aromatic rings. The second-order valence-electron chi connectivity index (χ2n) is 10.0. The van der Waals surface area contributed by atoms with Crippen LogP contribution in [-0.4, -0.2) is 11.6 Å². The quantitative estimate of drug-likeness (QED) is 0.194. The first-order chi connectivity index (χ1) is 17.2. The average Bonchev–Trinajstić information content (AvgIpc) is 2.91. The van der Waals surface area contributed by atoms with Crippen molar-refractivity contribution in [2.75, 3.05) is 6.61 Å². The van der Waals surface area contributed by atoms with Crippen molar-refractivity contribution in [2.24, 2.45) is 5.92 Å². The van der Waals surface area contributed by atoms with Gasteiger partial charge in [-0.25, -0.2) is 0 Å². The highest BCUT2D eigenvalue weighted by Gasteiger charge is 2.04. The summed E-state index contributed by atoms with van der Waals surface area (Å²) in [4.78, 5) is 4.73. The molecule has 0 saturated carbocycles. The fraction of sp³-hybridized carbons (Fsp3) is 0.485. The van der Waals surface area contributed by atoms with Gasteiger partial charge in [0, 0.05) is 11.8 Å². The van der Waals surface area contributed by atoms with Gasteiger partial charge in [-0.1, -0.05) is 108 Å². The third-order valence-corrected chi connectivity index (χ3v) is 7.07. The van der Waals surface area contributed by atoms with Crippen molar-refractivity contribution in [3.8, 4) is 28.1 Å². The van der Waals surface area contributed by atoms with Gasteiger partial charge in [0.25, 0.3) is 0 Å². The first-order valence-electron chi connectivity index (χ1n) is 14.0. The van der Waals surface area contributed by atoms with E-state index in [1.807, 2.05) is 0 Å². The lowest BCUT2D eigenvalue weighted by Gasteiger charge is -2.10. The van der Waals surface area contributed by atoms with E-state index >= 15 is 0 Å². The standard InChI is InChI=1S/C33H45NO/c1-4-6-7-8-9-10-14-28-15-24-33(34-26-28)31-18-16-29(17-19-31)30-20-22-32(23-21-30)35-25-12-11-13-27(3)5-2/h15-24,26-27H,4-14,25H2,1-3H3/t27-/m0/s1. The van der Waals surface area contributed by atoms with E-state index in [-0.39, 0.29) is 0 Å². The molecule has 0 saturated heterocycles. The van der Waals surface area contributed by atoms with Gasteiger partial charge in [0.15, 0.2) is 0 Å². The molecular weight excluding hydrogens is 426 g/mol. The topological polar surface area (TPSA) is 22.1 Å². The molecule has 1 heterocycles. The predicted molar refractivity (Wildman–Crippen MR) is 151 cm³/mol. The molecule has 0 bridgehead atoms. The summed E-state index contributed by atoms with van der Waals surface area (Å²) in [5.74, 6) is 1.78. The van der Waals surface area contributed by atoms with Crippen molar-refractivity contribution < 1.29 is 4.74 Å². The molecule has 0 radical (unpaired) electrons. The molecule has 188 valence electrons. The van der Waals surface area contributed by atoms with Crippen LogP contribution in [0.15, 0.2) is 66.9 Å². The van der Waals surface area contributed by atoms with E-state index < -0.39 is 0 Å². The van der Waals surface area contributed by atoms with Gasteiger partial charge in [-0.05, 0) is 66.5 Å². The van der Waals surface area contributed by atoms with E-state index in [4.69, 9.17) is 9.72 Å². The van der Waals surface area contributed by atoms with E-state index in [0.29, 0.717) is 0 Å². The lowest BCUT2D eigenvalue weighted by Crippen LogP contribution is -1.99. The van der Waals surface area contributed by atoms with Crippen molar-refractivity contribution >= 4 is 0 Å². The number of aryl methyl sites for hydroxylation is 1. The minimum absolute atomic E-state index is 0.801. The van der Waals surface area contributed by atoms with Crippen LogP contribution in [-0.2, 0) is 6.42 Å². The number of hydrogen-bond acceptors (Lipinski definition) is 2. The molecule has 2 aromatic carbocycles. The summed E-state index contributed by atoms with van der Waals surface area (Å²) in [6.45, 7) is 7.67. The van der Waals surface area contributed by atoms with Crippen LogP contribution in [0.25, 0.3) is 22.4 Å². The summed E-state index contributed by atoms with van der Waals surface area (Å²) < 4.78 is 5.94. The van der Waals surface area contributed by atoms with Crippen molar-refractivity contribution in [1.29, 1.82) is 0 Å². The Kier molecular flexibility index (Phi) is 11.9. The van der Waals surface area contributed by atoms with Crippen LogP contribution in [0.1, 0.15) is 90.5 Å². The van der Waals surface area contributed by atoms with Gasteiger partial charge in [-0.15, -0.1) is 0 Å². The Balaban J connectivity index is 1.45. The number of hydrogen-bond donors (Lipinski definition) is 0. The average molecular weight is 472 g/mol. The molecule has 0 N–H and O–H groups in total. The van der Waals surface area contributed by atoms with Crippen molar-refractivity contribution in [2.45, 2.75) is 91.4 Å². The first kappa shape index (κ1) is 27.0. The molecule has 0 aliphatic carbocycles. The zero-order valence-corrected chi connectivity index (χ0v) is 22.3. The number of nitrogens with zero attached hydrogens (tertiary/aromatic N) is 1. The maximum atomic E-state index is 5.94. The first-order valence-corrected chi connectivity index (χ1v) is 14.0. The number of unbranched alkanes of at least 4 members (excludes halogenated alkanes) is 6. The second-order valence-corrected chi connectivity index (χ2v) is 10.0. The molecule has 0 aliphatic rings. The van der Waals surface area contributed by atoms with Crippen LogP contribution in [0.2, 0.25) is 0 Å². The Morgan fingerprint density at radius 2 is 1.34 bits per heavy atom. The summed E-state index contributed by atoms with van der Waals surface area (Å²) in [6.07, 6.45) is 16.1. The number of pyridine rings is 1. The van der Waals surface area contributed by atoms with Gasteiger partial charge >= 0.3 is 0 Å². The monoisotopic (exact) mass is 471 g/mol. The Bertz CT molecular complexity index is 944. The van der Waals surface area contributed by atoms with E-state index in [1.54, 1.807) is 0 Å². The molecule has 2 nitrogen and oxygen atoms in total. The maximum absolute atomic E-state index is 5.94. The summed E-state index contributed by atoms with van der Waals surface area (Å²) in [7, 11) is 0. The molecule has 0 aliphatic heterocycles. The smallest absolute Gasteiger partial charge is 0.119 e.